The zero-order chi connectivity index (χ0) is 23.7. The molecule has 34 heavy (non-hydrogen) atoms. The minimum atomic E-state index is -0.685. The van der Waals surface area contributed by atoms with E-state index in [0.29, 0.717) is 11.3 Å². The zero-order valence-corrected chi connectivity index (χ0v) is 18.2. The predicted octanol–water partition coefficient (Wildman–Crippen LogP) is 6.46. The number of aromatic nitrogens is 2. The molecule has 4 aromatic carbocycles. The summed E-state index contributed by atoms with van der Waals surface area (Å²) < 4.78 is 16.8. The van der Waals surface area contributed by atoms with Crippen LogP contribution in [0.1, 0.15) is 11.1 Å². The van der Waals surface area contributed by atoms with Crippen molar-refractivity contribution in [2.45, 2.75) is 0 Å². The molecular weight excluding hydrogens is 431 g/mol. The molecule has 0 N–H and O–H groups in total. The lowest BCUT2D eigenvalue weighted by Crippen LogP contribution is -2.03. The molecule has 5 aromatic rings. The van der Waals surface area contributed by atoms with E-state index in [1.807, 2.05) is 79.8 Å². The highest BCUT2D eigenvalue weighted by Crippen LogP contribution is 2.37. The van der Waals surface area contributed by atoms with Crippen LogP contribution < -0.4 is 0 Å². The highest BCUT2D eigenvalue weighted by molar-refractivity contribution is 6.14. The summed E-state index contributed by atoms with van der Waals surface area (Å²) in [6.45, 7) is 0. The van der Waals surface area contributed by atoms with Crippen LogP contribution in [-0.2, 0) is 7.05 Å². The standard InChI is InChI=1S/C27H19FN4O2/c1-31-26-16-25(30-27(18-8-4-2-5-9-18)19-10-6-3-7-11-19)23(14-20(26)17-29-31)22-13-12-21(32(33)34)15-24(22)28/h2-17H,1H3. The van der Waals surface area contributed by atoms with E-state index in [1.165, 1.54) is 12.1 Å². The largest absolute Gasteiger partial charge is 0.272 e. The molecule has 0 unspecified atom stereocenters. The third-order valence-electron chi connectivity index (χ3n) is 5.64. The van der Waals surface area contributed by atoms with Crippen LogP contribution in [0.5, 0.6) is 0 Å². The van der Waals surface area contributed by atoms with Gasteiger partial charge in [-0.05, 0) is 18.2 Å². The van der Waals surface area contributed by atoms with E-state index in [9.17, 15) is 10.1 Å². The molecule has 0 aliphatic rings. The number of nitro benzene ring substituents is 1. The Balaban J connectivity index is 1.79. The van der Waals surface area contributed by atoms with Crippen LogP contribution in [0.2, 0.25) is 0 Å². The number of halogens is 1. The molecule has 0 amide bonds. The van der Waals surface area contributed by atoms with E-state index in [4.69, 9.17) is 4.99 Å². The fourth-order valence-electron chi connectivity index (χ4n) is 3.94. The average Bonchev–Trinajstić information content (AvgIpc) is 3.22. The summed E-state index contributed by atoms with van der Waals surface area (Å²) in [5.41, 5.74) is 4.38. The van der Waals surface area contributed by atoms with Crippen molar-refractivity contribution in [2.75, 3.05) is 0 Å². The van der Waals surface area contributed by atoms with Crippen molar-refractivity contribution < 1.29 is 9.31 Å². The number of hydrogen-bond donors (Lipinski definition) is 0. The molecule has 0 aliphatic heterocycles. The predicted molar refractivity (Wildman–Crippen MR) is 131 cm³/mol. The normalized spacial score (nSPS) is 10.9. The lowest BCUT2D eigenvalue weighted by molar-refractivity contribution is -0.385. The van der Waals surface area contributed by atoms with E-state index in [-0.39, 0.29) is 11.3 Å². The summed E-state index contributed by atoms with van der Waals surface area (Å²) in [7, 11) is 1.83. The molecule has 1 heterocycles. The Morgan fingerprint density at radius 2 is 1.56 bits per heavy atom. The van der Waals surface area contributed by atoms with Crippen LogP contribution in [0.15, 0.2) is 102 Å². The molecule has 0 atom stereocenters. The fourth-order valence-corrected chi connectivity index (χ4v) is 3.94. The molecule has 1 aromatic heterocycles. The van der Waals surface area contributed by atoms with Crippen molar-refractivity contribution in [1.29, 1.82) is 0 Å². The first-order valence-corrected chi connectivity index (χ1v) is 10.6. The van der Waals surface area contributed by atoms with Crippen molar-refractivity contribution in [1.82, 2.24) is 9.78 Å². The minimum Gasteiger partial charge on any atom is -0.268 e. The zero-order valence-electron chi connectivity index (χ0n) is 18.2. The maximum absolute atomic E-state index is 15.1. The summed E-state index contributed by atoms with van der Waals surface area (Å²) in [4.78, 5) is 15.5. The van der Waals surface area contributed by atoms with Gasteiger partial charge in [0.25, 0.3) is 5.69 Å². The van der Waals surface area contributed by atoms with Crippen molar-refractivity contribution in [3.63, 3.8) is 0 Å². The van der Waals surface area contributed by atoms with Gasteiger partial charge in [-0.25, -0.2) is 9.38 Å². The lowest BCUT2D eigenvalue weighted by atomic mass is 9.99. The third kappa shape index (κ3) is 3.95. The topological polar surface area (TPSA) is 73.3 Å². The Labute approximate surface area is 194 Å². The molecule has 5 rings (SSSR count). The van der Waals surface area contributed by atoms with E-state index in [2.05, 4.69) is 5.10 Å². The number of aryl methyl sites for hydroxylation is 1. The van der Waals surface area contributed by atoms with E-state index < -0.39 is 10.7 Å². The van der Waals surface area contributed by atoms with E-state index >= 15 is 4.39 Å². The Kier molecular flexibility index (Phi) is 5.43. The highest BCUT2D eigenvalue weighted by atomic mass is 19.1. The summed E-state index contributed by atoms with van der Waals surface area (Å²) in [6.07, 6.45) is 1.70. The van der Waals surface area contributed by atoms with Crippen molar-refractivity contribution >= 4 is 28.0 Å². The number of rotatable bonds is 5. The molecule has 0 saturated heterocycles. The Hall–Kier alpha value is -4.65. The summed E-state index contributed by atoms with van der Waals surface area (Å²) in [5, 5.41) is 16.2. The first-order chi connectivity index (χ1) is 16.5. The molecule has 0 fully saturated rings. The maximum atomic E-state index is 15.1. The Morgan fingerprint density at radius 1 is 0.912 bits per heavy atom. The van der Waals surface area contributed by atoms with Gasteiger partial charge in [-0.15, -0.1) is 0 Å². The fraction of sp³-hybridized carbons (Fsp3) is 0.0370. The summed E-state index contributed by atoms with van der Waals surface area (Å²) in [5.74, 6) is -0.685. The van der Waals surface area contributed by atoms with Crippen LogP contribution in [0, 0.1) is 15.9 Å². The van der Waals surface area contributed by atoms with Crippen LogP contribution in [0.3, 0.4) is 0 Å². The Bertz CT molecular complexity index is 1500. The number of nitro groups is 1. The van der Waals surface area contributed by atoms with E-state index in [1.54, 1.807) is 10.9 Å². The van der Waals surface area contributed by atoms with Crippen LogP contribution in [-0.4, -0.2) is 20.4 Å². The van der Waals surface area contributed by atoms with Gasteiger partial charge < -0.3 is 0 Å². The lowest BCUT2D eigenvalue weighted by Gasteiger charge is -2.12. The SMILES string of the molecule is Cn1ncc2cc(-c3ccc([N+](=O)[O-])cc3F)c(N=C(c3ccccc3)c3ccccc3)cc21. The van der Waals surface area contributed by atoms with Gasteiger partial charge >= 0.3 is 0 Å². The second kappa shape index (κ2) is 8.71. The van der Waals surface area contributed by atoms with Gasteiger partial charge in [0.2, 0.25) is 0 Å². The molecule has 0 aliphatic carbocycles. The van der Waals surface area contributed by atoms with Gasteiger partial charge in [0, 0.05) is 40.8 Å². The molecule has 0 spiro atoms. The minimum absolute atomic E-state index is 0.232. The molecule has 7 heteroatoms. The number of fused-ring (bicyclic) bond motifs is 1. The highest BCUT2D eigenvalue weighted by Gasteiger charge is 2.18. The van der Waals surface area contributed by atoms with Gasteiger partial charge in [0.1, 0.15) is 5.82 Å². The average molecular weight is 450 g/mol. The molecule has 0 bridgehead atoms. The monoisotopic (exact) mass is 450 g/mol. The molecule has 166 valence electrons. The number of aliphatic imine (C=N–C) groups is 1. The summed E-state index contributed by atoms with van der Waals surface area (Å²) in [6, 6.07) is 26.9. The van der Waals surface area contributed by atoms with Gasteiger partial charge in [0.05, 0.1) is 34.1 Å². The Morgan fingerprint density at radius 3 is 2.15 bits per heavy atom. The van der Waals surface area contributed by atoms with Crippen molar-refractivity contribution in [2.24, 2.45) is 12.0 Å². The molecule has 0 radical (unpaired) electrons. The molecule has 0 saturated carbocycles. The number of non-ortho nitro benzene ring substituents is 1. The quantitative estimate of drug-likeness (QED) is 0.175. The first-order valence-electron chi connectivity index (χ1n) is 10.6. The number of hydrogen-bond acceptors (Lipinski definition) is 4. The number of nitrogens with zero attached hydrogens (tertiary/aromatic N) is 4. The molecule has 6 nitrogen and oxygen atoms in total. The second-order valence-electron chi connectivity index (χ2n) is 7.81. The molecular formula is C27H19FN4O2. The maximum Gasteiger partial charge on any atom is 0.272 e. The van der Waals surface area contributed by atoms with Gasteiger partial charge in [0.15, 0.2) is 0 Å². The van der Waals surface area contributed by atoms with Crippen molar-refractivity contribution in [3.05, 3.63) is 124 Å². The van der Waals surface area contributed by atoms with Crippen molar-refractivity contribution in [3.8, 4) is 11.1 Å². The van der Waals surface area contributed by atoms with Gasteiger partial charge in [-0.1, -0.05) is 60.7 Å². The third-order valence-corrected chi connectivity index (χ3v) is 5.64. The summed E-state index contributed by atoms with van der Waals surface area (Å²) >= 11 is 0. The van der Waals surface area contributed by atoms with E-state index in [0.717, 1.165) is 33.8 Å². The first kappa shape index (κ1) is 21.2. The van der Waals surface area contributed by atoms with Crippen LogP contribution in [0.4, 0.5) is 15.8 Å². The van der Waals surface area contributed by atoms with Gasteiger partial charge in [-0.2, -0.15) is 5.10 Å². The second-order valence-corrected chi connectivity index (χ2v) is 7.81. The van der Waals surface area contributed by atoms with Crippen LogP contribution in [0.25, 0.3) is 22.0 Å². The van der Waals surface area contributed by atoms with Crippen LogP contribution >= 0.6 is 0 Å². The van der Waals surface area contributed by atoms with Gasteiger partial charge in [-0.3, -0.25) is 14.8 Å². The smallest absolute Gasteiger partial charge is 0.268 e. The number of benzene rings is 4.